The second-order valence-corrected chi connectivity index (χ2v) is 13.7. The number of nitrogens with one attached hydrogen (secondary N) is 1. The third kappa shape index (κ3) is 7.35. The number of nitrogens with zero attached hydrogens (tertiary/aromatic N) is 3. The first kappa shape index (κ1) is 34.3. The van der Waals surface area contributed by atoms with Crippen molar-refractivity contribution in [3.8, 4) is 16.9 Å². The van der Waals surface area contributed by atoms with Crippen LogP contribution in [0.1, 0.15) is 52.0 Å². The zero-order valence-corrected chi connectivity index (χ0v) is 30.0. The van der Waals surface area contributed by atoms with E-state index in [9.17, 15) is 4.79 Å². The second kappa shape index (κ2) is 14.9. The van der Waals surface area contributed by atoms with Crippen molar-refractivity contribution in [1.29, 1.82) is 0 Å². The van der Waals surface area contributed by atoms with E-state index in [1.165, 1.54) is 0 Å². The lowest BCUT2D eigenvalue weighted by Crippen LogP contribution is -2.38. The van der Waals surface area contributed by atoms with Crippen LogP contribution in [-0.4, -0.2) is 60.0 Å². The first-order valence-electron chi connectivity index (χ1n) is 16.8. The third-order valence-electron chi connectivity index (χ3n) is 9.47. The van der Waals surface area contributed by atoms with E-state index in [-0.39, 0.29) is 5.91 Å². The van der Waals surface area contributed by atoms with Crippen molar-refractivity contribution in [3.63, 3.8) is 0 Å². The molecule has 1 fully saturated rings. The number of benzene rings is 3. The highest BCUT2D eigenvalue weighted by molar-refractivity contribution is 6.34. The summed E-state index contributed by atoms with van der Waals surface area (Å²) in [7, 11) is 0. The number of hydrogen-bond acceptors (Lipinski definition) is 5. The number of aromatic nitrogens is 2. The fourth-order valence-electron chi connectivity index (χ4n) is 7.00. The molecule has 2 aliphatic rings. The summed E-state index contributed by atoms with van der Waals surface area (Å²) in [6, 6.07) is 15.9. The number of amides is 1. The number of hydrogen-bond donors (Lipinski definition) is 1. The van der Waals surface area contributed by atoms with Crippen LogP contribution in [0.4, 0.5) is 5.69 Å². The molecule has 1 aliphatic heterocycles. The van der Waals surface area contributed by atoms with Crippen LogP contribution in [0, 0.1) is 34.6 Å². The van der Waals surface area contributed by atoms with Gasteiger partial charge in [-0.3, -0.25) is 14.4 Å². The molecule has 48 heavy (non-hydrogen) atoms. The molecule has 0 atom stereocenters. The van der Waals surface area contributed by atoms with Gasteiger partial charge in [-0.1, -0.05) is 41.4 Å². The third-order valence-corrected chi connectivity index (χ3v) is 10.4. The fourth-order valence-corrected chi connectivity index (χ4v) is 7.38. The summed E-state index contributed by atoms with van der Waals surface area (Å²) in [6.45, 7) is 15.8. The summed E-state index contributed by atoms with van der Waals surface area (Å²) < 4.78 is 13.8. The minimum Gasteiger partial charge on any atom is -0.494 e. The topological polar surface area (TPSA) is 68.6 Å². The maximum Gasteiger partial charge on any atom is 0.252 e. The minimum atomic E-state index is -0.0895. The van der Waals surface area contributed by atoms with Crippen LogP contribution in [0.25, 0.3) is 16.7 Å². The maximum absolute atomic E-state index is 14.0. The molecule has 1 N–H and O–H groups in total. The number of carbonyl (C=O) groups is 1. The summed E-state index contributed by atoms with van der Waals surface area (Å²) >= 11 is 13.4. The highest BCUT2D eigenvalue weighted by Gasteiger charge is 2.31. The van der Waals surface area contributed by atoms with Gasteiger partial charge in [0.1, 0.15) is 5.75 Å². The summed E-state index contributed by atoms with van der Waals surface area (Å²) in [5.41, 5.74) is 11.9. The Morgan fingerprint density at radius 3 is 2.44 bits per heavy atom. The van der Waals surface area contributed by atoms with E-state index in [2.05, 4.69) is 34.8 Å². The van der Waals surface area contributed by atoms with Crippen molar-refractivity contribution < 1.29 is 14.3 Å². The van der Waals surface area contributed by atoms with Crippen molar-refractivity contribution in [1.82, 2.24) is 14.7 Å². The molecule has 4 aromatic rings. The molecule has 0 radical (unpaired) electrons. The van der Waals surface area contributed by atoms with Crippen LogP contribution in [0.3, 0.4) is 0 Å². The number of anilines is 1. The van der Waals surface area contributed by atoms with Gasteiger partial charge in [0.05, 0.1) is 32.1 Å². The molecule has 1 aliphatic carbocycles. The molecule has 2 heterocycles. The van der Waals surface area contributed by atoms with Gasteiger partial charge in [0.2, 0.25) is 0 Å². The smallest absolute Gasteiger partial charge is 0.252 e. The number of fused-ring (bicyclic) bond motifs is 1. The molecule has 1 saturated heterocycles. The number of rotatable bonds is 11. The number of aryl methyl sites for hydroxylation is 4. The van der Waals surface area contributed by atoms with Gasteiger partial charge < -0.3 is 14.8 Å². The molecular weight excluding hydrogens is 643 g/mol. The van der Waals surface area contributed by atoms with Gasteiger partial charge >= 0.3 is 0 Å². The molecule has 0 saturated carbocycles. The quantitative estimate of drug-likeness (QED) is 0.160. The predicted molar refractivity (Wildman–Crippen MR) is 195 cm³/mol. The van der Waals surface area contributed by atoms with Crippen LogP contribution in [0.15, 0.2) is 54.1 Å². The Kier molecular flexibility index (Phi) is 10.6. The first-order chi connectivity index (χ1) is 23.1. The van der Waals surface area contributed by atoms with E-state index in [1.807, 2.05) is 63.2 Å². The van der Waals surface area contributed by atoms with Gasteiger partial charge in [0.25, 0.3) is 5.91 Å². The summed E-state index contributed by atoms with van der Waals surface area (Å²) in [4.78, 5) is 16.4. The standard InChI is InChI=1S/C39H44Cl2N4O3/c1-24-8-6-9-29(20-24)42-39(46)34-23-33-32(31(34)10-7-17-48-30-21-25(2)38(41)26(3)22-30)11-12-35(40)37(33)36-27(4)43-45(28(36)5)14-13-44-15-18-47-19-16-44/h6,8-9,11-12,20-22H,7,10,13-19,23H2,1-5H3,(H,42,46). The molecule has 7 nitrogen and oxygen atoms in total. The number of morpholine rings is 1. The Hall–Kier alpha value is -3.62. The van der Waals surface area contributed by atoms with Crippen molar-refractivity contribution >= 4 is 40.4 Å². The lowest BCUT2D eigenvalue weighted by molar-refractivity contribution is -0.112. The Labute approximate surface area is 293 Å². The number of allylic oxidation sites excluding steroid dienone is 1. The van der Waals surface area contributed by atoms with Crippen molar-refractivity contribution in [3.05, 3.63) is 103 Å². The highest BCUT2D eigenvalue weighted by Crippen LogP contribution is 2.46. The molecule has 0 bridgehead atoms. The number of halogens is 2. The normalized spacial score (nSPS) is 14.8. The van der Waals surface area contributed by atoms with Crippen LogP contribution < -0.4 is 10.1 Å². The zero-order valence-electron chi connectivity index (χ0n) is 28.5. The van der Waals surface area contributed by atoms with Crippen LogP contribution >= 0.6 is 23.2 Å². The van der Waals surface area contributed by atoms with Gasteiger partial charge in [-0.25, -0.2) is 0 Å². The van der Waals surface area contributed by atoms with Gasteiger partial charge in [-0.2, -0.15) is 5.10 Å². The van der Waals surface area contributed by atoms with Gasteiger partial charge in [0.15, 0.2) is 0 Å². The Morgan fingerprint density at radius 2 is 1.71 bits per heavy atom. The Bertz CT molecular complexity index is 1850. The SMILES string of the molecule is Cc1cccc(NC(=O)C2=C(CCCOc3cc(C)c(Cl)c(C)c3)c3ccc(Cl)c(-c4c(C)nn(CCN5CCOCC5)c4C)c3C2)c1. The van der Waals surface area contributed by atoms with Crippen molar-refractivity contribution in [2.75, 3.05) is 44.8 Å². The monoisotopic (exact) mass is 686 g/mol. The predicted octanol–water partition coefficient (Wildman–Crippen LogP) is 8.54. The van der Waals surface area contributed by atoms with E-state index in [1.54, 1.807) is 0 Å². The number of carbonyl (C=O) groups excluding carboxylic acids is 1. The Balaban J connectivity index is 1.29. The van der Waals surface area contributed by atoms with Crippen molar-refractivity contribution in [2.45, 2.75) is 60.4 Å². The van der Waals surface area contributed by atoms with Crippen LogP contribution in [0.5, 0.6) is 5.75 Å². The average molecular weight is 688 g/mol. The van der Waals surface area contributed by atoms with Crippen molar-refractivity contribution in [2.24, 2.45) is 0 Å². The first-order valence-corrected chi connectivity index (χ1v) is 17.5. The number of ether oxygens (including phenoxy) is 2. The molecule has 9 heteroatoms. The van der Waals surface area contributed by atoms with E-state index >= 15 is 0 Å². The second-order valence-electron chi connectivity index (χ2n) is 13.0. The summed E-state index contributed by atoms with van der Waals surface area (Å²) in [5.74, 6) is 0.714. The van der Waals surface area contributed by atoms with E-state index < -0.39 is 0 Å². The zero-order chi connectivity index (χ0) is 33.9. The minimum absolute atomic E-state index is 0.0895. The van der Waals surface area contributed by atoms with Gasteiger partial charge in [0, 0.05) is 64.2 Å². The van der Waals surface area contributed by atoms with Gasteiger partial charge in [-0.15, -0.1) is 0 Å². The Morgan fingerprint density at radius 1 is 0.958 bits per heavy atom. The van der Waals surface area contributed by atoms with E-state index in [0.29, 0.717) is 24.5 Å². The molecule has 252 valence electrons. The molecule has 0 unspecified atom stereocenters. The summed E-state index contributed by atoms with van der Waals surface area (Å²) in [6.07, 6.45) is 1.92. The molecule has 0 spiro atoms. The average Bonchev–Trinajstić information content (AvgIpc) is 3.57. The lowest BCUT2D eigenvalue weighted by atomic mass is 9.93. The maximum atomic E-state index is 14.0. The summed E-state index contributed by atoms with van der Waals surface area (Å²) in [5, 5.41) is 9.57. The van der Waals surface area contributed by atoms with E-state index in [0.717, 1.165) is 124 Å². The van der Waals surface area contributed by atoms with Crippen LogP contribution in [-0.2, 0) is 22.5 Å². The molecule has 1 amide bonds. The molecule has 3 aromatic carbocycles. The van der Waals surface area contributed by atoms with Crippen LogP contribution in [0.2, 0.25) is 10.0 Å². The van der Waals surface area contributed by atoms with E-state index in [4.69, 9.17) is 37.8 Å². The molecule has 6 rings (SSSR count). The molecular formula is C39H44Cl2N4O3. The van der Waals surface area contributed by atoms with Gasteiger partial charge in [-0.05, 0) is 111 Å². The fraction of sp³-hybridized carbons (Fsp3) is 0.385. The largest absolute Gasteiger partial charge is 0.494 e. The highest BCUT2D eigenvalue weighted by atomic mass is 35.5. The molecule has 1 aromatic heterocycles. The lowest BCUT2D eigenvalue weighted by Gasteiger charge is -2.26.